The lowest BCUT2D eigenvalue weighted by molar-refractivity contribution is -0.117. The summed E-state index contributed by atoms with van der Waals surface area (Å²) in [6.07, 6.45) is 1.24. The van der Waals surface area contributed by atoms with Gasteiger partial charge in [0.05, 0.1) is 29.4 Å². The molecule has 0 aliphatic heterocycles. The van der Waals surface area contributed by atoms with Gasteiger partial charge in [-0.25, -0.2) is 0 Å². The van der Waals surface area contributed by atoms with Crippen LogP contribution in [0, 0.1) is 0 Å². The highest BCUT2D eigenvalue weighted by Gasteiger charge is 2.08. The average Bonchev–Trinajstić information content (AvgIpc) is 2.30. The SMILES string of the molecule is CCCOCCC(=O)Nc1c(N)cccc1Cl. The lowest BCUT2D eigenvalue weighted by Gasteiger charge is -2.09. The summed E-state index contributed by atoms with van der Waals surface area (Å²) in [5.41, 5.74) is 6.64. The first-order valence-electron chi connectivity index (χ1n) is 5.56. The normalized spacial score (nSPS) is 10.2. The highest BCUT2D eigenvalue weighted by Crippen LogP contribution is 2.27. The third-order valence-corrected chi connectivity index (χ3v) is 2.45. The zero-order valence-electron chi connectivity index (χ0n) is 9.83. The van der Waals surface area contributed by atoms with E-state index in [1.807, 2.05) is 6.92 Å². The third kappa shape index (κ3) is 4.63. The summed E-state index contributed by atoms with van der Waals surface area (Å²) in [7, 11) is 0. The number of nitrogens with two attached hydrogens (primary N) is 1. The van der Waals surface area contributed by atoms with Crippen molar-refractivity contribution in [3.05, 3.63) is 23.2 Å². The number of rotatable bonds is 6. The van der Waals surface area contributed by atoms with Crippen LogP contribution in [0.15, 0.2) is 18.2 Å². The molecule has 0 saturated heterocycles. The second-order valence-electron chi connectivity index (χ2n) is 3.61. The smallest absolute Gasteiger partial charge is 0.226 e. The van der Waals surface area contributed by atoms with Gasteiger partial charge in [-0.2, -0.15) is 0 Å². The molecular formula is C12H17ClN2O2. The second kappa shape index (κ2) is 7.14. The highest BCUT2D eigenvalue weighted by atomic mass is 35.5. The monoisotopic (exact) mass is 256 g/mol. The minimum Gasteiger partial charge on any atom is -0.397 e. The van der Waals surface area contributed by atoms with Gasteiger partial charge in [-0.15, -0.1) is 0 Å². The van der Waals surface area contributed by atoms with E-state index in [1.54, 1.807) is 18.2 Å². The minimum absolute atomic E-state index is 0.152. The molecule has 0 radical (unpaired) electrons. The molecule has 0 aliphatic carbocycles. The Morgan fingerprint density at radius 2 is 2.24 bits per heavy atom. The van der Waals surface area contributed by atoms with Crippen molar-refractivity contribution in [1.82, 2.24) is 0 Å². The van der Waals surface area contributed by atoms with Gasteiger partial charge in [-0.1, -0.05) is 24.6 Å². The van der Waals surface area contributed by atoms with Crippen LogP contribution < -0.4 is 11.1 Å². The summed E-state index contributed by atoms with van der Waals surface area (Å²) >= 11 is 5.93. The van der Waals surface area contributed by atoms with Gasteiger partial charge in [0.2, 0.25) is 5.91 Å². The number of amides is 1. The quantitative estimate of drug-likeness (QED) is 0.608. The maximum atomic E-state index is 11.6. The van der Waals surface area contributed by atoms with Crippen molar-refractivity contribution in [3.8, 4) is 0 Å². The Labute approximate surface area is 106 Å². The van der Waals surface area contributed by atoms with Gasteiger partial charge in [0, 0.05) is 6.61 Å². The number of para-hydroxylation sites is 1. The fourth-order valence-electron chi connectivity index (χ4n) is 1.29. The molecule has 0 fully saturated rings. The van der Waals surface area contributed by atoms with Crippen LogP contribution in [-0.4, -0.2) is 19.1 Å². The topological polar surface area (TPSA) is 64.3 Å². The van der Waals surface area contributed by atoms with Gasteiger partial charge < -0.3 is 15.8 Å². The van der Waals surface area contributed by atoms with Crippen LogP contribution in [0.3, 0.4) is 0 Å². The van der Waals surface area contributed by atoms with E-state index in [-0.39, 0.29) is 5.91 Å². The van der Waals surface area contributed by atoms with Crippen LogP contribution in [0.4, 0.5) is 11.4 Å². The van der Waals surface area contributed by atoms with Gasteiger partial charge in [-0.05, 0) is 18.6 Å². The maximum absolute atomic E-state index is 11.6. The van der Waals surface area contributed by atoms with E-state index in [2.05, 4.69) is 5.32 Å². The van der Waals surface area contributed by atoms with Crippen LogP contribution in [0.2, 0.25) is 5.02 Å². The number of benzene rings is 1. The molecule has 4 nitrogen and oxygen atoms in total. The van der Waals surface area contributed by atoms with Gasteiger partial charge >= 0.3 is 0 Å². The number of hydrogen-bond donors (Lipinski definition) is 2. The summed E-state index contributed by atoms with van der Waals surface area (Å²) in [6, 6.07) is 5.11. The van der Waals surface area contributed by atoms with Crippen molar-refractivity contribution in [2.75, 3.05) is 24.3 Å². The summed E-state index contributed by atoms with van der Waals surface area (Å²) in [5, 5.41) is 3.12. The minimum atomic E-state index is -0.152. The molecule has 0 atom stereocenters. The van der Waals surface area contributed by atoms with Gasteiger partial charge in [-0.3, -0.25) is 4.79 Å². The Morgan fingerprint density at radius 3 is 2.88 bits per heavy atom. The molecule has 1 rings (SSSR count). The van der Waals surface area contributed by atoms with E-state index in [0.29, 0.717) is 36.0 Å². The summed E-state index contributed by atoms with van der Waals surface area (Å²) < 4.78 is 5.23. The van der Waals surface area contributed by atoms with Gasteiger partial charge in [0.25, 0.3) is 0 Å². The highest BCUT2D eigenvalue weighted by molar-refractivity contribution is 6.34. The zero-order chi connectivity index (χ0) is 12.7. The fraction of sp³-hybridized carbons (Fsp3) is 0.417. The van der Waals surface area contributed by atoms with E-state index < -0.39 is 0 Å². The molecule has 0 spiro atoms. The number of ether oxygens (including phenoxy) is 1. The number of nitrogens with one attached hydrogen (secondary N) is 1. The van der Waals surface area contributed by atoms with Crippen LogP contribution in [0.1, 0.15) is 19.8 Å². The Kier molecular flexibility index (Phi) is 5.80. The lowest BCUT2D eigenvalue weighted by Crippen LogP contribution is -2.15. The summed E-state index contributed by atoms with van der Waals surface area (Å²) in [6.45, 7) is 3.09. The van der Waals surface area contributed by atoms with Crippen molar-refractivity contribution < 1.29 is 9.53 Å². The molecule has 5 heteroatoms. The predicted octanol–water partition coefficient (Wildman–Crippen LogP) is 2.68. The molecule has 94 valence electrons. The molecule has 0 aromatic heterocycles. The van der Waals surface area contributed by atoms with Gasteiger partial charge in [0.1, 0.15) is 0 Å². The predicted molar refractivity (Wildman–Crippen MR) is 70.2 cm³/mol. The molecule has 1 aromatic rings. The maximum Gasteiger partial charge on any atom is 0.226 e. The van der Waals surface area contributed by atoms with E-state index in [9.17, 15) is 4.79 Å². The average molecular weight is 257 g/mol. The molecule has 0 bridgehead atoms. The molecule has 0 aliphatic rings. The van der Waals surface area contributed by atoms with E-state index in [0.717, 1.165) is 6.42 Å². The Bertz CT molecular complexity index is 363. The zero-order valence-corrected chi connectivity index (χ0v) is 10.6. The van der Waals surface area contributed by atoms with Crippen molar-refractivity contribution in [3.63, 3.8) is 0 Å². The van der Waals surface area contributed by atoms with E-state index in [4.69, 9.17) is 22.1 Å². The molecule has 3 N–H and O–H groups in total. The Balaban J connectivity index is 2.45. The number of hydrogen-bond acceptors (Lipinski definition) is 3. The van der Waals surface area contributed by atoms with Crippen molar-refractivity contribution in [2.24, 2.45) is 0 Å². The lowest BCUT2D eigenvalue weighted by atomic mass is 10.2. The third-order valence-electron chi connectivity index (χ3n) is 2.13. The van der Waals surface area contributed by atoms with E-state index >= 15 is 0 Å². The summed E-state index contributed by atoms with van der Waals surface area (Å²) in [4.78, 5) is 11.6. The summed E-state index contributed by atoms with van der Waals surface area (Å²) in [5.74, 6) is -0.152. The molecule has 1 aromatic carbocycles. The Hall–Kier alpha value is -1.26. The second-order valence-corrected chi connectivity index (χ2v) is 4.02. The van der Waals surface area contributed by atoms with Crippen LogP contribution in [0.5, 0.6) is 0 Å². The number of nitrogen functional groups attached to an aromatic ring is 1. The van der Waals surface area contributed by atoms with E-state index in [1.165, 1.54) is 0 Å². The van der Waals surface area contributed by atoms with Crippen LogP contribution in [0.25, 0.3) is 0 Å². The number of halogens is 1. The van der Waals surface area contributed by atoms with Crippen LogP contribution in [-0.2, 0) is 9.53 Å². The first-order valence-corrected chi connectivity index (χ1v) is 5.94. The number of carbonyl (C=O) groups excluding carboxylic acids is 1. The number of anilines is 2. The Morgan fingerprint density at radius 1 is 1.47 bits per heavy atom. The standard InChI is InChI=1S/C12H17ClN2O2/c1-2-7-17-8-6-11(16)15-12-9(13)4-3-5-10(12)14/h3-5H,2,6-8,14H2,1H3,(H,15,16). The first-order chi connectivity index (χ1) is 8.15. The van der Waals surface area contributed by atoms with Crippen molar-refractivity contribution in [2.45, 2.75) is 19.8 Å². The first kappa shape index (κ1) is 13.8. The van der Waals surface area contributed by atoms with Crippen molar-refractivity contribution >= 4 is 28.9 Å². The molecule has 0 saturated carbocycles. The molecule has 1 amide bonds. The molecule has 0 heterocycles. The largest absolute Gasteiger partial charge is 0.397 e. The fourth-order valence-corrected chi connectivity index (χ4v) is 1.51. The molecule has 17 heavy (non-hydrogen) atoms. The van der Waals surface area contributed by atoms with Crippen molar-refractivity contribution in [1.29, 1.82) is 0 Å². The van der Waals surface area contributed by atoms with Gasteiger partial charge in [0.15, 0.2) is 0 Å². The molecular weight excluding hydrogens is 240 g/mol. The van der Waals surface area contributed by atoms with Crippen LogP contribution >= 0.6 is 11.6 Å². The number of carbonyl (C=O) groups is 1. The molecule has 0 unspecified atom stereocenters.